The molecule has 0 bridgehead atoms. The van der Waals surface area contributed by atoms with E-state index in [9.17, 15) is 4.39 Å². The maximum Gasteiger partial charge on any atom is 0.127 e. The van der Waals surface area contributed by atoms with Crippen molar-refractivity contribution < 1.29 is 9.13 Å². The Labute approximate surface area is 60.9 Å². The summed E-state index contributed by atoms with van der Waals surface area (Å²) < 4.78 is 17.9. The van der Waals surface area contributed by atoms with Gasteiger partial charge in [0.15, 0.2) is 0 Å². The molecule has 0 aliphatic carbocycles. The van der Waals surface area contributed by atoms with Crippen molar-refractivity contribution in [2.75, 3.05) is 0 Å². The topological polar surface area (TPSA) is 9.23 Å². The van der Waals surface area contributed by atoms with Gasteiger partial charge in [0.1, 0.15) is 11.9 Å². The average molecular weight is 144 g/mol. The van der Waals surface area contributed by atoms with Crippen LogP contribution in [0, 0.1) is 5.92 Å². The lowest BCUT2D eigenvalue weighted by Gasteiger charge is -2.13. The van der Waals surface area contributed by atoms with Crippen LogP contribution in [-0.2, 0) is 4.74 Å². The lowest BCUT2D eigenvalue weighted by molar-refractivity contribution is 0.0346. The van der Waals surface area contributed by atoms with Crippen molar-refractivity contribution in [1.82, 2.24) is 0 Å². The molecule has 0 spiro atoms. The van der Waals surface area contributed by atoms with Crippen molar-refractivity contribution in [2.45, 2.75) is 33.0 Å². The fraction of sp³-hybridized carbons (Fsp3) is 0.750. The molecule has 10 heavy (non-hydrogen) atoms. The molecular weight excluding hydrogens is 131 g/mol. The molecule has 0 N–H and O–H groups in total. The van der Waals surface area contributed by atoms with Crippen LogP contribution in [0.25, 0.3) is 0 Å². The standard InChI is InChI=1S/C8H13FO/c1-5(2)8-4-7(9)6(3)10-8/h4-6,8H,1-3H3. The minimum absolute atomic E-state index is 0.0185. The molecule has 2 atom stereocenters. The van der Waals surface area contributed by atoms with Crippen LogP contribution in [0.5, 0.6) is 0 Å². The van der Waals surface area contributed by atoms with E-state index in [1.54, 1.807) is 13.0 Å². The zero-order valence-electron chi connectivity index (χ0n) is 6.60. The predicted octanol–water partition coefficient (Wildman–Crippen LogP) is 2.28. The second-order valence-corrected chi connectivity index (χ2v) is 3.04. The highest BCUT2D eigenvalue weighted by Gasteiger charge is 2.25. The maximum atomic E-state index is 12.7. The third-order valence-electron chi connectivity index (χ3n) is 1.73. The van der Waals surface area contributed by atoms with Crippen molar-refractivity contribution in [3.63, 3.8) is 0 Å². The SMILES string of the molecule is CC1OC(C(C)C)C=C1F. The molecule has 1 aliphatic rings. The Morgan fingerprint density at radius 2 is 2.20 bits per heavy atom. The molecular formula is C8H13FO. The van der Waals surface area contributed by atoms with Gasteiger partial charge in [-0.3, -0.25) is 0 Å². The molecule has 2 heteroatoms. The Balaban J connectivity index is 2.56. The van der Waals surface area contributed by atoms with Crippen LogP contribution < -0.4 is 0 Å². The van der Waals surface area contributed by atoms with Crippen LogP contribution in [0.15, 0.2) is 11.9 Å². The van der Waals surface area contributed by atoms with Crippen LogP contribution in [0.2, 0.25) is 0 Å². The molecule has 1 aliphatic heterocycles. The van der Waals surface area contributed by atoms with Crippen LogP contribution in [0.4, 0.5) is 4.39 Å². The second kappa shape index (κ2) is 2.70. The van der Waals surface area contributed by atoms with E-state index in [0.717, 1.165) is 0 Å². The van der Waals surface area contributed by atoms with Crippen LogP contribution in [0.1, 0.15) is 20.8 Å². The average Bonchev–Trinajstić information content (AvgIpc) is 2.13. The fourth-order valence-electron chi connectivity index (χ4n) is 0.982. The van der Waals surface area contributed by atoms with Crippen molar-refractivity contribution in [3.8, 4) is 0 Å². The van der Waals surface area contributed by atoms with E-state index in [2.05, 4.69) is 0 Å². The van der Waals surface area contributed by atoms with Crippen LogP contribution in [-0.4, -0.2) is 12.2 Å². The Kier molecular flexibility index (Phi) is 2.09. The van der Waals surface area contributed by atoms with E-state index in [4.69, 9.17) is 4.74 Å². The number of halogens is 1. The smallest absolute Gasteiger partial charge is 0.127 e. The number of rotatable bonds is 1. The van der Waals surface area contributed by atoms with Gasteiger partial charge in [-0.2, -0.15) is 0 Å². The zero-order valence-corrected chi connectivity index (χ0v) is 6.60. The van der Waals surface area contributed by atoms with Gasteiger partial charge in [-0.25, -0.2) is 4.39 Å². The third-order valence-corrected chi connectivity index (χ3v) is 1.73. The molecule has 0 aromatic carbocycles. The molecule has 0 radical (unpaired) electrons. The fourth-order valence-corrected chi connectivity index (χ4v) is 0.982. The number of hydrogen-bond acceptors (Lipinski definition) is 1. The van der Waals surface area contributed by atoms with Gasteiger partial charge in [-0.15, -0.1) is 0 Å². The van der Waals surface area contributed by atoms with Gasteiger partial charge in [0, 0.05) is 0 Å². The summed E-state index contributed by atoms with van der Waals surface area (Å²) >= 11 is 0. The van der Waals surface area contributed by atoms with Crippen molar-refractivity contribution in [1.29, 1.82) is 0 Å². The van der Waals surface area contributed by atoms with Gasteiger partial charge in [-0.1, -0.05) is 13.8 Å². The highest BCUT2D eigenvalue weighted by atomic mass is 19.1. The van der Waals surface area contributed by atoms with Crippen molar-refractivity contribution in [2.24, 2.45) is 5.92 Å². The summed E-state index contributed by atoms with van der Waals surface area (Å²) in [5, 5.41) is 0. The normalized spacial score (nSPS) is 33.1. The van der Waals surface area contributed by atoms with Gasteiger partial charge in [-0.05, 0) is 18.9 Å². The van der Waals surface area contributed by atoms with Crippen LogP contribution in [0.3, 0.4) is 0 Å². The van der Waals surface area contributed by atoms with Gasteiger partial charge in [0.2, 0.25) is 0 Å². The maximum absolute atomic E-state index is 12.7. The van der Waals surface area contributed by atoms with Crippen LogP contribution >= 0.6 is 0 Å². The summed E-state index contributed by atoms with van der Waals surface area (Å²) in [5.41, 5.74) is 0. The summed E-state index contributed by atoms with van der Waals surface area (Å²) in [6, 6.07) is 0. The first-order valence-electron chi connectivity index (χ1n) is 3.64. The van der Waals surface area contributed by atoms with E-state index in [0.29, 0.717) is 5.92 Å². The summed E-state index contributed by atoms with van der Waals surface area (Å²) in [4.78, 5) is 0. The molecule has 0 amide bonds. The van der Waals surface area contributed by atoms with E-state index in [1.165, 1.54) is 0 Å². The lowest BCUT2D eigenvalue weighted by Crippen LogP contribution is -2.15. The lowest BCUT2D eigenvalue weighted by atomic mass is 10.1. The Morgan fingerprint density at radius 3 is 2.40 bits per heavy atom. The van der Waals surface area contributed by atoms with E-state index < -0.39 is 0 Å². The molecule has 0 aromatic heterocycles. The molecule has 0 fully saturated rings. The summed E-state index contributed by atoms with van der Waals surface area (Å²) in [5.74, 6) is 0.245. The van der Waals surface area contributed by atoms with E-state index in [-0.39, 0.29) is 18.0 Å². The Hall–Kier alpha value is -0.370. The first-order valence-corrected chi connectivity index (χ1v) is 3.64. The molecule has 1 nitrogen and oxygen atoms in total. The zero-order chi connectivity index (χ0) is 7.72. The first-order chi connectivity index (χ1) is 4.61. The minimum atomic E-state index is -0.326. The van der Waals surface area contributed by atoms with Gasteiger partial charge in [0.05, 0.1) is 6.10 Å². The van der Waals surface area contributed by atoms with Crippen molar-refractivity contribution in [3.05, 3.63) is 11.9 Å². The highest BCUT2D eigenvalue weighted by molar-refractivity contribution is 5.08. The number of hydrogen-bond donors (Lipinski definition) is 0. The molecule has 2 unspecified atom stereocenters. The van der Waals surface area contributed by atoms with E-state index >= 15 is 0 Å². The van der Waals surface area contributed by atoms with Crippen molar-refractivity contribution >= 4 is 0 Å². The summed E-state index contributed by atoms with van der Waals surface area (Å²) in [6.07, 6.45) is 1.22. The summed E-state index contributed by atoms with van der Waals surface area (Å²) in [6.45, 7) is 5.77. The molecule has 0 aromatic rings. The highest BCUT2D eigenvalue weighted by Crippen LogP contribution is 2.24. The quantitative estimate of drug-likeness (QED) is 0.548. The minimum Gasteiger partial charge on any atom is -0.364 e. The molecule has 1 rings (SSSR count). The van der Waals surface area contributed by atoms with Gasteiger partial charge >= 0.3 is 0 Å². The summed E-state index contributed by atoms with van der Waals surface area (Å²) in [7, 11) is 0. The van der Waals surface area contributed by atoms with Gasteiger partial charge < -0.3 is 4.74 Å². The number of ether oxygens (including phenoxy) is 1. The first kappa shape index (κ1) is 7.73. The third kappa shape index (κ3) is 1.37. The van der Waals surface area contributed by atoms with Gasteiger partial charge in [0.25, 0.3) is 0 Å². The Bertz CT molecular complexity index is 151. The molecule has 0 saturated carbocycles. The predicted molar refractivity (Wildman–Crippen MR) is 38.4 cm³/mol. The monoisotopic (exact) mass is 144 g/mol. The van der Waals surface area contributed by atoms with E-state index in [1.807, 2.05) is 13.8 Å². The largest absolute Gasteiger partial charge is 0.364 e. The molecule has 58 valence electrons. The molecule has 0 saturated heterocycles. The molecule has 1 heterocycles. The second-order valence-electron chi connectivity index (χ2n) is 3.04. The Morgan fingerprint density at radius 1 is 1.60 bits per heavy atom.